The van der Waals surface area contributed by atoms with Crippen molar-refractivity contribution in [1.82, 2.24) is 4.98 Å². The molecule has 4 rings (SSSR count). The Hall–Kier alpha value is -3.31. The number of aromatic nitrogens is 1. The number of rotatable bonds is 6. The monoisotopic (exact) mass is 414 g/mol. The van der Waals surface area contributed by atoms with Crippen LogP contribution in [0.4, 0.5) is 11.4 Å². The number of fused-ring (bicyclic) bond motifs is 1. The SMILES string of the molecule is C\C1=N/C=C\C(Nc2ccc(NCCc3c[nH]c4ccccc34)cc2)=C\CCCC1O. The van der Waals surface area contributed by atoms with Gasteiger partial charge in [0, 0.05) is 52.6 Å². The van der Waals surface area contributed by atoms with Crippen LogP contribution in [-0.4, -0.2) is 28.5 Å². The van der Waals surface area contributed by atoms with Crippen molar-refractivity contribution in [3.8, 4) is 0 Å². The van der Waals surface area contributed by atoms with Crippen LogP contribution in [0.15, 0.2) is 83.8 Å². The number of hydrogen-bond acceptors (Lipinski definition) is 4. The predicted octanol–water partition coefficient (Wildman–Crippen LogP) is 5.64. The van der Waals surface area contributed by atoms with Gasteiger partial charge in [0.2, 0.25) is 0 Å². The first kappa shape index (κ1) is 20.9. The Morgan fingerprint density at radius 2 is 1.90 bits per heavy atom. The molecule has 0 bridgehead atoms. The van der Waals surface area contributed by atoms with Gasteiger partial charge in [0.25, 0.3) is 0 Å². The molecule has 160 valence electrons. The fraction of sp³-hybridized carbons (Fsp3) is 0.269. The molecule has 2 heterocycles. The smallest absolute Gasteiger partial charge is 0.0918 e. The number of aliphatic imine (C=N–C) groups is 1. The van der Waals surface area contributed by atoms with Gasteiger partial charge in [-0.15, -0.1) is 0 Å². The van der Waals surface area contributed by atoms with Crippen LogP contribution in [0.3, 0.4) is 0 Å². The Morgan fingerprint density at radius 1 is 1.10 bits per heavy atom. The molecule has 4 N–H and O–H groups in total. The summed E-state index contributed by atoms with van der Waals surface area (Å²) in [5.41, 5.74) is 6.45. The highest BCUT2D eigenvalue weighted by molar-refractivity contribution is 5.86. The summed E-state index contributed by atoms with van der Waals surface area (Å²) in [5, 5.41) is 18.2. The Bertz CT molecular complexity index is 1090. The lowest BCUT2D eigenvalue weighted by Crippen LogP contribution is -2.17. The molecule has 1 aliphatic heterocycles. The molecule has 1 aliphatic rings. The summed E-state index contributed by atoms with van der Waals surface area (Å²) in [6, 6.07) is 16.8. The van der Waals surface area contributed by atoms with Crippen molar-refractivity contribution in [2.75, 3.05) is 17.2 Å². The maximum atomic E-state index is 9.98. The average molecular weight is 415 g/mol. The third kappa shape index (κ3) is 5.64. The fourth-order valence-electron chi connectivity index (χ4n) is 3.78. The van der Waals surface area contributed by atoms with Gasteiger partial charge in [-0.2, -0.15) is 0 Å². The summed E-state index contributed by atoms with van der Waals surface area (Å²) >= 11 is 0. The van der Waals surface area contributed by atoms with E-state index in [9.17, 15) is 5.11 Å². The number of benzene rings is 2. The zero-order chi connectivity index (χ0) is 21.5. The molecular formula is C26H30N4O. The van der Waals surface area contributed by atoms with Gasteiger partial charge in [0.1, 0.15) is 0 Å². The highest BCUT2D eigenvalue weighted by Crippen LogP contribution is 2.20. The van der Waals surface area contributed by atoms with Crippen molar-refractivity contribution in [2.24, 2.45) is 4.99 Å². The van der Waals surface area contributed by atoms with E-state index in [1.165, 1.54) is 16.5 Å². The zero-order valence-electron chi connectivity index (χ0n) is 17.9. The molecule has 0 saturated carbocycles. The van der Waals surface area contributed by atoms with E-state index < -0.39 is 6.10 Å². The molecule has 5 heteroatoms. The van der Waals surface area contributed by atoms with E-state index in [2.05, 4.69) is 81.4 Å². The fourth-order valence-corrected chi connectivity index (χ4v) is 3.78. The van der Waals surface area contributed by atoms with Crippen LogP contribution < -0.4 is 10.6 Å². The lowest BCUT2D eigenvalue weighted by molar-refractivity contribution is 0.227. The molecule has 31 heavy (non-hydrogen) atoms. The number of hydrogen-bond donors (Lipinski definition) is 4. The molecule has 0 fully saturated rings. The Kier molecular flexibility index (Phi) is 6.85. The van der Waals surface area contributed by atoms with Crippen molar-refractivity contribution in [3.63, 3.8) is 0 Å². The predicted molar refractivity (Wildman–Crippen MR) is 131 cm³/mol. The number of aromatic amines is 1. The molecule has 1 aromatic heterocycles. The van der Waals surface area contributed by atoms with Gasteiger partial charge in [0.15, 0.2) is 0 Å². The van der Waals surface area contributed by atoms with E-state index in [-0.39, 0.29) is 0 Å². The molecule has 0 aliphatic carbocycles. The Morgan fingerprint density at radius 3 is 2.77 bits per heavy atom. The summed E-state index contributed by atoms with van der Waals surface area (Å²) in [5.74, 6) is 0. The topological polar surface area (TPSA) is 72.4 Å². The summed E-state index contributed by atoms with van der Waals surface area (Å²) in [7, 11) is 0. The van der Waals surface area contributed by atoms with Crippen LogP contribution in [0.5, 0.6) is 0 Å². The maximum Gasteiger partial charge on any atom is 0.0918 e. The summed E-state index contributed by atoms with van der Waals surface area (Å²) in [6.45, 7) is 2.75. The second-order valence-electron chi connectivity index (χ2n) is 7.93. The number of aliphatic hydroxyl groups is 1. The van der Waals surface area contributed by atoms with Gasteiger partial charge < -0.3 is 20.7 Å². The van der Waals surface area contributed by atoms with Crippen LogP contribution in [-0.2, 0) is 6.42 Å². The van der Waals surface area contributed by atoms with Crippen molar-refractivity contribution in [2.45, 2.75) is 38.7 Å². The minimum Gasteiger partial charge on any atom is -0.387 e. The van der Waals surface area contributed by atoms with Crippen LogP contribution in [0.25, 0.3) is 10.9 Å². The normalized spacial score (nSPS) is 21.5. The largest absolute Gasteiger partial charge is 0.387 e. The first-order chi connectivity index (χ1) is 15.2. The third-order valence-corrected chi connectivity index (χ3v) is 5.63. The number of nitrogens with zero attached hydrogens (tertiary/aromatic N) is 1. The summed E-state index contributed by atoms with van der Waals surface area (Å²) in [6.07, 6.45) is 11.1. The summed E-state index contributed by atoms with van der Waals surface area (Å²) in [4.78, 5) is 7.68. The highest BCUT2D eigenvalue weighted by atomic mass is 16.3. The standard InChI is InChI=1S/C26H30N4O/c1-19-26(31)9-5-2-6-22(15-17-27-19)30-23-12-10-21(11-13-23)28-16-14-20-18-29-25-8-4-3-7-24(20)25/h3-4,6-8,10-13,15,17-18,26,28-31H,2,5,9,14,16H2,1H3/b17-15-,22-6-,27-19+. The van der Waals surface area contributed by atoms with Gasteiger partial charge in [0.05, 0.1) is 6.10 Å². The van der Waals surface area contributed by atoms with E-state index in [1.807, 2.05) is 13.0 Å². The van der Waals surface area contributed by atoms with Crippen molar-refractivity contribution in [1.29, 1.82) is 0 Å². The lowest BCUT2D eigenvalue weighted by atomic mass is 10.1. The van der Waals surface area contributed by atoms with Gasteiger partial charge >= 0.3 is 0 Å². The quantitative estimate of drug-likeness (QED) is 0.422. The third-order valence-electron chi connectivity index (χ3n) is 5.63. The number of anilines is 2. The van der Waals surface area contributed by atoms with E-state index in [4.69, 9.17) is 0 Å². The molecule has 5 nitrogen and oxygen atoms in total. The van der Waals surface area contributed by atoms with E-state index in [0.717, 1.165) is 55.0 Å². The highest BCUT2D eigenvalue weighted by Gasteiger charge is 2.07. The van der Waals surface area contributed by atoms with E-state index in [1.54, 1.807) is 6.20 Å². The zero-order valence-corrected chi connectivity index (χ0v) is 17.9. The van der Waals surface area contributed by atoms with E-state index >= 15 is 0 Å². The average Bonchev–Trinajstić information content (AvgIpc) is 3.20. The Balaban J connectivity index is 1.32. The maximum absolute atomic E-state index is 9.98. The molecule has 3 aromatic rings. The van der Waals surface area contributed by atoms with Crippen molar-refractivity contribution >= 4 is 28.0 Å². The molecule has 0 amide bonds. The van der Waals surface area contributed by atoms with E-state index in [0.29, 0.717) is 0 Å². The van der Waals surface area contributed by atoms with Gasteiger partial charge in [-0.1, -0.05) is 24.3 Å². The van der Waals surface area contributed by atoms with Gasteiger partial charge in [-0.3, -0.25) is 4.99 Å². The van der Waals surface area contributed by atoms with Crippen LogP contribution in [0, 0.1) is 0 Å². The van der Waals surface area contributed by atoms with Crippen molar-refractivity contribution < 1.29 is 5.11 Å². The van der Waals surface area contributed by atoms with Gasteiger partial charge in [-0.05, 0) is 74.6 Å². The molecule has 0 spiro atoms. The van der Waals surface area contributed by atoms with Crippen LogP contribution >= 0.6 is 0 Å². The molecule has 1 unspecified atom stereocenters. The minimum atomic E-state index is -0.441. The van der Waals surface area contributed by atoms with Gasteiger partial charge in [-0.25, -0.2) is 0 Å². The number of allylic oxidation sites excluding steroid dienone is 2. The number of H-pyrrole nitrogens is 1. The molecule has 2 aromatic carbocycles. The number of nitrogens with one attached hydrogen (secondary N) is 3. The molecule has 0 saturated heterocycles. The number of para-hydroxylation sites is 1. The molecule has 0 radical (unpaired) electrons. The van der Waals surface area contributed by atoms with Crippen LogP contribution in [0.2, 0.25) is 0 Å². The first-order valence-electron chi connectivity index (χ1n) is 10.9. The second kappa shape index (κ2) is 10.1. The second-order valence-corrected chi connectivity index (χ2v) is 7.93. The Labute approximate surface area is 183 Å². The summed E-state index contributed by atoms with van der Waals surface area (Å²) < 4.78 is 0. The molecule has 1 atom stereocenters. The molecular weight excluding hydrogens is 384 g/mol. The van der Waals surface area contributed by atoms with Crippen LogP contribution in [0.1, 0.15) is 31.7 Å². The lowest BCUT2D eigenvalue weighted by Gasteiger charge is -2.12. The number of aliphatic hydroxyl groups excluding tert-OH is 1. The first-order valence-corrected chi connectivity index (χ1v) is 10.9. The minimum absolute atomic E-state index is 0.441. The van der Waals surface area contributed by atoms with Crippen molar-refractivity contribution in [3.05, 3.63) is 84.3 Å².